The van der Waals surface area contributed by atoms with Gasteiger partial charge in [-0.3, -0.25) is 14.4 Å². The van der Waals surface area contributed by atoms with Gasteiger partial charge in [0, 0.05) is 12.8 Å². The van der Waals surface area contributed by atoms with Crippen LogP contribution in [0.1, 0.15) is 30.1 Å². The van der Waals surface area contributed by atoms with Gasteiger partial charge in [0.2, 0.25) is 0 Å². The van der Waals surface area contributed by atoms with Crippen molar-refractivity contribution in [3.05, 3.63) is 35.9 Å². The minimum absolute atomic E-state index is 0.00362. The van der Waals surface area contributed by atoms with Crippen LogP contribution in [0.25, 0.3) is 0 Å². The molecule has 1 aromatic rings. The highest BCUT2D eigenvalue weighted by Crippen LogP contribution is 2.13. The van der Waals surface area contributed by atoms with Crippen molar-refractivity contribution in [2.75, 3.05) is 6.61 Å². The number of imide groups is 1. The average molecular weight is 321 g/mol. The molecule has 0 bridgehead atoms. The van der Waals surface area contributed by atoms with Crippen LogP contribution in [0.2, 0.25) is 0 Å². The van der Waals surface area contributed by atoms with Gasteiger partial charge in [0.15, 0.2) is 0 Å². The van der Waals surface area contributed by atoms with Crippen LogP contribution < -0.4 is 0 Å². The van der Waals surface area contributed by atoms with Gasteiger partial charge in [0.25, 0.3) is 11.8 Å². The van der Waals surface area contributed by atoms with Gasteiger partial charge in [-0.25, -0.2) is 9.59 Å². The third-order valence-electron chi connectivity index (χ3n) is 2.93. The second-order valence-corrected chi connectivity index (χ2v) is 4.82. The van der Waals surface area contributed by atoms with Crippen LogP contribution >= 0.6 is 0 Å². The zero-order chi connectivity index (χ0) is 16.8. The fourth-order valence-corrected chi connectivity index (χ4v) is 1.80. The van der Waals surface area contributed by atoms with Crippen LogP contribution in [-0.4, -0.2) is 41.7 Å². The average Bonchev–Trinajstić information content (AvgIpc) is 2.85. The fraction of sp³-hybridized carbons (Fsp3) is 0.333. The Hall–Kier alpha value is -2.90. The van der Waals surface area contributed by atoms with E-state index in [1.54, 1.807) is 30.3 Å². The Morgan fingerprint density at radius 2 is 1.74 bits per heavy atom. The molecule has 0 aromatic heterocycles. The summed E-state index contributed by atoms with van der Waals surface area (Å²) < 4.78 is 9.79. The molecule has 2 rings (SSSR count). The zero-order valence-corrected chi connectivity index (χ0v) is 12.4. The van der Waals surface area contributed by atoms with Crippen molar-refractivity contribution >= 4 is 23.9 Å². The second kappa shape index (κ2) is 7.39. The lowest BCUT2D eigenvalue weighted by Crippen LogP contribution is -2.34. The summed E-state index contributed by atoms with van der Waals surface area (Å²) in [6, 6.07) is 8.33. The Bertz CT molecular complexity index is 598. The Morgan fingerprint density at radius 3 is 2.35 bits per heavy atom. The molecule has 0 N–H and O–H groups in total. The first-order chi connectivity index (χ1) is 11.0. The van der Waals surface area contributed by atoms with E-state index in [0.717, 1.165) is 0 Å². The summed E-state index contributed by atoms with van der Waals surface area (Å²) >= 11 is 0. The zero-order valence-electron chi connectivity index (χ0n) is 12.4. The molecule has 1 fully saturated rings. The molecule has 1 aliphatic heterocycles. The van der Waals surface area contributed by atoms with Crippen molar-refractivity contribution < 1.29 is 33.5 Å². The van der Waals surface area contributed by atoms with Crippen LogP contribution in [0.3, 0.4) is 0 Å². The summed E-state index contributed by atoms with van der Waals surface area (Å²) in [6.45, 7) is 1.29. The third kappa shape index (κ3) is 4.53. The summed E-state index contributed by atoms with van der Waals surface area (Å²) in [5, 5.41) is 0.380. The minimum atomic E-state index is -1.21. The number of ether oxygens (including phenoxy) is 2. The van der Waals surface area contributed by atoms with E-state index in [4.69, 9.17) is 9.47 Å². The lowest BCUT2D eigenvalue weighted by Gasteiger charge is -2.16. The number of rotatable bonds is 5. The third-order valence-corrected chi connectivity index (χ3v) is 2.93. The number of hydrogen-bond acceptors (Lipinski definition) is 7. The van der Waals surface area contributed by atoms with E-state index in [1.165, 1.54) is 6.92 Å². The van der Waals surface area contributed by atoms with Gasteiger partial charge in [0.1, 0.15) is 12.7 Å². The first kappa shape index (κ1) is 16.5. The van der Waals surface area contributed by atoms with E-state index in [0.29, 0.717) is 10.6 Å². The number of hydroxylamine groups is 2. The van der Waals surface area contributed by atoms with Crippen molar-refractivity contribution in [3.63, 3.8) is 0 Å². The molecule has 8 nitrogen and oxygen atoms in total. The highest BCUT2D eigenvalue weighted by atomic mass is 16.8. The highest BCUT2D eigenvalue weighted by molar-refractivity contribution is 6.01. The topological polar surface area (TPSA) is 99.2 Å². The molecule has 0 spiro atoms. The van der Waals surface area contributed by atoms with Gasteiger partial charge >= 0.3 is 12.1 Å². The standard InChI is InChI=1S/C15H15NO7/c1-10(9-21-14(19)11-5-3-2-4-6-11)22-15(20)23-16-12(17)7-8-13(16)18/h2-6,10H,7-9H2,1H3. The summed E-state index contributed by atoms with van der Waals surface area (Å²) in [6.07, 6.45) is -2.02. The number of nitrogens with zero attached hydrogens (tertiary/aromatic N) is 1. The molecule has 1 saturated heterocycles. The molecule has 0 aliphatic carbocycles. The SMILES string of the molecule is CC(COC(=O)c1ccccc1)OC(=O)ON1C(=O)CCC1=O. The van der Waals surface area contributed by atoms with Crippen molar-refractivity contribution in [1.82, 2.24) is 5.06 Å². The highest BCUT2D eigenvalue weighted by Gasteiger charge is 2.33. The van der Waals surface area contributed by atoms with E-state index in [-0.39, 0.29) is 19.4 Å². The van der Waals surface area contributed by atoms with Crippen LogP contribution in [0, 0.1) is 0 Å². The normalized spacial score (nSPS) is 15.3. The van der Waals surface area contributed by atoms with Gasteiger partial charge in [-0.15, -0.1) is 0 Å². The lowest BCUT2D eigenvalue weighted by molar-refractivity contribution is -0.178. The van der Waals surface area contributed by atoms with Crippen molar-refractivity contribution in [2.24, 2.45) is 0 Å². The predicted octanol–water partition coefficient (Wildman–Crippen LogP) is 1.45. The van der Waals surface area contributed by atoms with Crippen molar-refractivity contribution in [1.29, 1.82) is 0 Å². The van der Waals surface area contributed by atoms with Crippen LogP contribution in [0.15, 0.2) is 30.3 Å². The molecule has 2 amide bonds. The second-order valence-electron chi connectivity index (χ2n) is 4.82. The molecule has 1 aromatic carbocycles. The van der Waals surface area contributed by atoms with Gasteiger partial charge in [0.05, 0.1) is 5.56 Å². The number of esters is 1. The number of carbonyl (C=O) groups excluding carboxylic acids is 4. The summed E-state index contributed by atoms with van der Waals surface area (Å²) in [4.78, 5) is 50.3. The molecule has 0 radical (unpaired) electrons. The lowest BCUT2D eigenvalue weighted by atomic mass is 10.2. The largest absolute Gasteiger partial charge is 0.534 e. The van der Waals surface area contributed by atoms with Crippen LogP contribution in [0.4, 0.5) is 4.79 Å². The molecule has 1 unspecified atom stereocenters. The summed E-state index contributed by atoms with van der Waals surface area (Å²) in [5.74, 6) is -1.76. The molecular formula is C15H15NO7. The van der Waals surface area contributed by atoms with E-state index < -0.39 is 30.0 Å². The Kier molecular flexibility index (Phi) is 5.29. The first-order valence-electron chi connectivity index (χ1n) is 6.94. The van der Waals surface area contributed by atoms with Crippen LogP contribution in [-0.2, 0) is 23.9 Å². The van der Waals surface area contributed by atoms with E-state index in [1.807, 2.05) is 0 Å². The van der Waals surface area contributed by atoms with Crippen molar-refractivity contribution in [3.8, 4) is 0 Å². The first-order valence-corrected chi connectivity index (χ1v) is 6.94. The monoisotopic (exact) mass is 321 g/mol. The van der Waals surface area contributed by atoms with E-state index in [2.05, 4.69) is 4.84 Å². The smallest absolute Gasteiger partial charge is 0.458 e. The van der Waals surface area contributed by atoms with Gasteiger partial charge < -0.3 is 9.47 Å². The van der Waals surface area contributed by atoms with E-state index in [9.17, 15) is 19.2 Å². The molecule has 122 valence electrons. The minimum Gasteiger partial charge on any atom is -0.458 e. The van der Waals surface area contributed by atoms with Gasteiger partial charge in [-0.2, -0.15) is 0 Å². The molecule has 1 heterocycles. The number of amides is 2. The molecule has 0 saturated carbocycles. The molecular weight excluding hydrogens is 306 g/mol. The number of carbonyl (C=O) groups is 4. The Labute approximate surface area is 131 Å². The number of hydrogen-bond donors (Lipinski definition) is 0. The molecule has 1 atom stereocenters. The molecule has 1 aliphatic rings. The summed E-state index contributed by atoms with van der Waals surface area (Å²) in [7, 11) is 0. The Balaban J connectivity index is 1.75. The molecule has 23 heavy (non-hydrogen) atoms. The van der Waals surface area contributed by atoms with Gasteiger partial charge in [-0.05, 0) is 19.1 Å². The summed E-state index contributed by atoms with van der Waals surface area (Å²) in [5.41, 5.74) is 0.371. The Morgan fingerprint density at radius 1 is 1.13 bits per heavy atom. The van der Waals surface area contributed by atoms with E-state index >= 15 is 0 Å². The predicted molar refractivity (Wildman–Crippen MR) is 74.8 cm³/mol. The van der Waals surface area contributed by atoms with Crippen LogP contribution in [0.5, 0.6) is 0 Å². The van der Waals surface area contributed by atoms with Gasteiger partial charge in [-0.1, -0.05) is 23.3 Å². The quantitative estimate of drug-likeness (QED) is 0.597. The maximum absolute atomic E-state index is 11.7. The number of benzene rings is 1. The fourth-order valence-electron chi connectivity index (χ4n) is 1.80. The maximum atomic E-state index is 11.7. The van der Waals surface area contributed by atoms with Crippen molar-refractivity contribution in [2.45, 2.75) is 25.9 Å². The maximum Gasteiger partial charge on any atom is 0.534 e. The molecule has 8 heteroatoms.